The van der Waals surface area contributed by atoms with Crippen molar-refractivity contribution in [2.24, 2.45) is 0 Å². The number of amides is 1. The summed E-state index contributed by atoms with van der Waals surface area (Å²) in [4.78, 5) is 26.6. The highest BCUT2D eigenvalue weighted by Gasteiger charge is 2.22. The average Bonchev–Trinajstić information content (AvgIpc) is 2.24. The summed E-state index contributed by atoms with van der Waals surface area (Å²) in [6.07, 6.45) is 0.637. The fraction of sp³-hybridized carbons (Fsp3) is 0.462. The van der Waals surface area contributed by atoms with Crippen molar-refractivity contribution in [2.75, 3.05) is 0 Å². The molecule has 1 heterocycles. The van der Waals surface area contributed by atoms with Gasteiger partial charge in [0.15, 0.2) is 0 Å². The fourth-order valence-electron chi connectivity index (χ4n) is 1.51. The van der Waals surface area contributed by atoms with Crippen molar-refractivity contribution < 1.29 is 19.4 Å². The standard InChI is InChI=1S/C13H17BrN2O4/c1-13(2,3)20-12(19)16-9(7-11(17)18)8-4-5-15-10(14)6-8/h4-6,9H,7H2,1-3H3,(H,16,19)(H,17,18). The summed E-state index contributed by atoms with van der Waals surface area (Å²) < 4.78 is 5.70. The van der Waals surface area contributed by atoms with Crippen molar-refractivity contribution in [3.63, 3.8) is 0 Å². The molecule has 0 aliphatic rings. The Morgan fingerprint density at radius 2 is 2.15 bits per heavy atom. The second-order valence-corrected chi connectivity index (χ2v) is 6.02. The molecule has 1 amide bonds. The van der Waals surface area contributed by atoms with Crippen molar-refractivity contribution in [3.05, 3.63) is 28.5 Å². The monoisotopic (exact) mass is 344 g/mol. The highest BCUT2D eigenvalue weighted by molar-refractivity contribution is 9.10. The summed E-state index contributed by atoms with van der Waals surface area (Å²) in [5.74, 6) is -1.01. The van der Waals surface area contributed by atoms with E-state index in [0.29, 0.717) is 10.2 Å². The number of nitrogens with zero attached hydrogens (tertiary/aromatic N) is 1. The largest absolute Gasteiger partial charge is 0.481 e. The highest BCUT2D eigenvalue weighted by atomic mass is 79.9. The molecule has 2 N–H and O–H groups in total. The molecule has 0 aliphatic carbocycles. The number of hydrogen-bond donors (Lipinski definition) is 2. The zero-order valence-electron chi connectivity index (χ0n) is 11.5. The number of aromatic nitrogens is 1. The molecule has 7 heteroatoms. The zero-order chi connectivity index (χ0) is 15.3. The lowest BCUT2D eigenvalue weighted by Crippen LogP contribution is -2.35. The molecule has 0 aromatic carbocycles. The Balaban J connectivity index is 2.85. The van der Waals surface area contributed by atoms with Crippen LogP contribution in [0.4, 0.5) is 4.79 Å². The van der Waals surface area contributed by atoms with E-state index >= 15 is 0 Å². The van der Waals surface area contributed by atoms with Crippen LogP contribution in [0.1, 0.15) is 38.8 Å². The molecule has 110 valence electrons. The number of nitrogens with one attached hydrogen (secondary N) is 1. The molecular weight excluding hydrogens is 328 g/mol. The SMILES string of the molecule is CC(C)(C)OC(=O)NC(CC(=O)O)c1ccnc(Br)c1. The van der Waals surface area contributed by atoms with Crippen molar-refractivity contribution in [1.29, 1.82) is 0 Å². The molecule has 1 rings (SSSR count). The lowest BCUT2D eigenvalue weighted by molar-refractivity contribution is -0.137. The number of carbonyl (C=O) groups excluding carboxylic acids is 1. The predicted molar refractivity (Wildman–Crippen MR) is 76.3 cm³/mol. The molecule has 0 saturated heterocycles. The Hall–Kier alpha value is -1.63. The summed E-state index contributed by atoms with van der Waals surface area (Å²) in [6, 6.07) is 2.63. The van der Waals surface area contributed by atoms with Gasteiger partial charge >= 0.3 is 12.1 Å². The van der Waals surface area contributed by atoms with E-state index in [2.05, 4.69) is 26.2 Å². The highest BCUT2D eigenvalue weighted by Crippen LogP contribution is 2.20. The Labute approximate surface area is 125 Å². The Morgan fingerprint density at radius 3 is 2.65 bits per heavy atom. The van der Waals surface area contributed by atoms with Crippen molar-refractivity contribution in [1.82, 2.24) is 10.3 Å². The molecule has 6 nitrogen and oxygen atoms in total. The van der Waals surface area contributed by atoms with E-state index < -0.39 is 23.7 Å². The van der Waals surface area contributed by atoms with Crippen molar-refractivity contribution >= 4 is 28.0 Å². The number of hydrogen-bond acceptors (Lipinski definition) is 4. The normalized spacial score (nSPS) is 12.6. The number of carboxylic acid groups (broad SMARTS) is 1. The summed E-state index contributed by atoms with van der Waals surface area (Å²) in [6.45, 7) is 5.21. The Kier molecular flexibility index (Phi) is 5.50. The minimum absolute atomic E-state index is 0.240. The van der Waals surface area contributed by atoms with Gasteiger partial charge in [0.1, 0.15) is 10.2 Å². The van der Waals surface area contributed by atoms with Crippen LogP contribution in [0.2, 0.25) is 0 Å². The van der Waals surface area contributed by atoms with E-state index in [-0.39, 0.29) is 6.42 Å². The van der Waals surface area contributed by atoms with Gasteiger partial charge in [-0.1, -0.05) is 0 Å². The van der Waals surface area contributed by atoms with Crippen LogP contribution < -0.4 is 5.32 Å². The van der Waals surface area contributed by atoms with Gasteiger partial charge < -0.3 is 15.2 Å². The first-order chi connectivity index (χ1) is 9.17. The first-order valence-electron chi connectivity index (χ1n) is 6.00. The van der Waals surface area contributed by atoms with Crippen LogP contribution in [-0.4, -0.2) is 27.8 Å². The number of rotatable bonds is 4. The smallest absolute Gasteiger partial charge is 0.408 e. The summed E-state index contributed by atoms with van der Waals surface area (Å²) in [7, 11) is 0. The van der Waals surface area contributed by atoms with Gasteiger partial charge in [-0.25, -0.2) is 9.78 Å². The Morgan fingerprint density at radius 1 is 1.50 bits per heavy atom. The van der Waals surface area contributed by atoms with Gasteiger partial charge in [-0.3, -0.25) is 4.79 Å². The first-order valence-corrected chi connectivity index (χ1v) is 6.79. The van der Waals surface area contributed by atoms with Crippen LogP contribution in [0.3, 0.4) is 0 Å². The van der Waals surface area contributed by atoms with E-state index in [1.165, 1.54) is 6.20 Å². The van der Waals surface area contributed by atoms with Crippen LogP contribution in [0.5, 0.6) is 0 Å². The molecule has 0 aliphatic heterocycles. The van der Waals surface area contributed by atoms with Gasteiger partial charge in [0, 0.05) is 6.20 Å². The number of carboxylic acids is 1. The minimum atomic E-state index is -1.01. The molecule has 1 aromatic rings. The second-order valence-electron chi connectivity index (χ2n) is 5.21. The predicted octanol–water partition coefficient (Wildman–Crippen LogP) is 2.88. The number of alkyl carbamates (subject to hydrolysis) is 1. The van der Waals surface area contributed by atoms with E-state index in [0.717, 1.165) is 0 Å². The quantitative estimate of drug-likeness (QED) is 0.819. The lowest BCUT2D eigenvalue weighted by atomic mass is 10.1. The van der Waals surface area contributed by atoms with Gasteiger partial charge in [0.2, 0.25) is 0 Å². The number of aliphatic carboxylic acids is 1. The lowest BCUT2D eigenvalue weighted by Gasteiger charge is -2.23. The molecule has 0 fully saturated rings. The summed E-state index contributed by atoms with van der Waals surface area (Å²) in [5.41, 5.74) is -0.00317. The van der Waals surface area contributed by atoms with Crippen molar-refractivity contribution in [2.45, 2.75) is 38.8 Å². The zero-order valence-corrected chi connectivity index (χ0v) is 13.1. The molecular formula is C13H17BrN2O4. The molecule has 1 atom stereocenters. The van der Waals surface area contributed by atoms with Gasteiger partial charge in [-0.15, -0.1) is 0 Å². The maximum absolute atomic E-state index is 11.8. The number of ether oxygens (including phenoxy) is 1. The maximum atomic E-state index is 11.8. The third-order valence-corrected chi connectivity index (χ3v) is 2.66. The van der Waals surface area contributed by atoms with Crippen LogP contribution in [-0.2, 0) is 9.53 Å². The van der Waals surface area contributed by atoms with E-state index in [1.807, 2.05) is 0 Å². The third-order valence-electron chi connectivity index (χ3n) is 2.22. The number of carbonyl (C=O) groups is 2. The molecule has 0 bridgehead atoms. The average molecular weight is 345 g/mol. The fourth-order valence-corrected chi connectivity index (χ4v) is 1.89. The molecule has 20 heavy (non-hydrogen) atoms. The van der Waals surface area contributed by atoms with E-state index in [9.17, 15) is 9.59 Å². The van der Waals surface area contributed by atoms with Crippen LogP contribution in [0, 0.1) is 0 Å². The second kappa shape index (κ2) is 6.69. The molecule has 1 aromatic heterocycles. The molecule has 1 unspecified atom stereocenters. The Bertz CT molecular complexity index is 499. The van der Waals surface area contributed by atoms with Gasteiger partial charge in [-0.05, 0) is 54.4 Å². The number of halogens is 1. The number of pyridine rings is 1. The third kappa shape index (κ3) is 6.01. The maximum Gasteiger partial charge on any atom is 0.408 e. The molecule has 0 saturated carbocycles. The summed E-state index contributed by atoms with van der Waals surface area (Å²) in [5, 5.41) is 11.5. The minimum Gasteiger partial charge on any atom is -0.481 e. The topological polar surface area (TPSA) is 88.5 Å². The summed E-state index contributed by atoms with van der Waals surface area (Å²) >= 11 is 3.21. The van der Waals surface area contributed by atoms with Gasteiger partial charge in [-0.2, -0.15) is 0 Å². The van der Waals surface area contributed by atoms with E-state index in [4.69, 9.17) is 9.84 Å². The van der Waals surface area contributed by atoms with Crippen LogP contribution in [0.25, 0.3) is 0 Å². The molecule has 0 spiro atoms. The van der Waals surface area contributed by atoms with E-state index in [1.54, 1.807) is 32.9 Å². The molecule has 0 radical (unpaired) electrons. The first kappa shape index (κ1) is 16.4. The van der Waals surface area contributed by atoms with Crippen LogP contribution in [0.15, 0.2) is 22.9 Å². The van der Waals surface area contributed by atoms with Crippen LogP contribution >= 0.6 is 15.9 Å². The van der Waals surface area contributed by atoms with Gasteiger partial charge in [0.05, 0.1) is 12.5 Å². The van der Waals surface area contributed by atoms with Gasteiger partial charge in [0.25, 0.3) is 0 Å². The van der Waals surface area contributed by atoms with Crippen molar-refractivity contribution in [3.8, 4) is 0 Å².